The van der Waals surface area contributed by atoms with E-state index in [9.17, 15) is 5.11 Å². The lowest BCUT2D eigenvalue weighted by Gasteiger charge is -2.03. The summed E-state index contributed by atoms with van der Waals surface area (Å²) in [4.78, 5) is 3.40. The molecule has 3 rings (SSSR count). The highest BCUT2D eigenvalue weighted by molar-refractivity contribution is 6.08. The number of aromatic hydroxyl groups is 1. The summed E-state index contributed by atoms with van der Waals surface area (Å²) in [6, 6.07) is 10.2. The third kappa shape index (κ3) is 2.07. The summed E-state index contributed by atoms with van der Waals surface area (Å²) in [5, 5.41) is 12.6. The van der Waals surface area contributed by atoms with Crippen molar-refractivity contribution in [2.45, 2.75) is 27.2 Å². The Morgan fingerprint density at radius 3 is 2.75 bits per heavy atom. The highest BCUT2D eigenvalue weighted by Gasteiger charge is 2.09. The summed E-state index contributed by atoms with van der Waals surface area (Å²) in [6.07, 6.45) is 2.91. The number of para-hydroxylation sites is 1. The Labute approximate surface area is 118 Å². The van der Waals surface area contributed by atoms with Crippen LogP contribution in [-0.2, 0) is 6.42 Å². The Morgan fingerprint density at radius 1 is 1.20 bits per heavy atom. The molecule has 0 fully saturated rings. The number of hydrogen-bond donors (Lipinski definition) is 2. The molecule has 1 heterocycles. The van der Waals surface area contributed by atoms with Crippen LogP contribution in [0.25, 0.3) is 21.8 Å². The second-order valence-corrected chi connectivity index (χ2v) is 5.63. The smallest absolute Gasteiger partial charge is 0.121 e. The summed E-state index contributed by atoms with van der Waals surface area (Å²) >= 11 is 0. The predicted octanol–water partition coefficient (Wildman–Crippen LogP) is 4.84. The van der Waals surface area contributed by atoms with Crippen LogP contribution < -0.4 is 0 Å². The van der Waals surface area contributed by atoms with Crippen molar-refractivity contribution in [3.8, 4) is 5.75 Å². The van der Waals surface area contributed by atoms with E-state index in [-0.39, 0.29) is 0 Å². The molecule has 0 aliphatic rings. The van der Waals surface area contributed by atoms with Gasteiger partial charge in [-0.05, 0) is 44.4 Å². The van der Waals surface area contributed by atoms with Gasteiger partial charge in [-0.3, -0.25) is 0 Å². The van der Waals surface area contributed by atoms with Crippen molar-refractivity contribution in [1.29, 1.82) is 0 Å². The third-order valence-corrected chi connectivity index (χ3v) is 3.77. The van der Waals surface area contributed by atoms with E-state index in [0.29, 0.717) is 5.75 Å². The first-order valence-corrected chi connectivity index (χ1v) is 6.92. The Bertz CT molecular complexity index is 820. The molecule has 0 aliphatic carbocycles. The molecule has 3 aromatic rings. The monoisotopic (exact) mass is 265 g/mol. The molecule has 2 nitrogen and oxygen atoms in total. The van der Waals surface area contributed by atoms with Gasteiger partial charge in [0.05, 0.1) is 5.52 Å². The van der Waals surface area contributed by atoms with Gasteiger partial charge in [0.1, 0.15) is 5.75 Å². The van der Waals surface area contributed by atoms with Crippen LogP contribution in [-0.4, -0.2) is 10.1 Å². The molecule has 20 heavy (non-hydrogen) atoms. The Hall–Kier alpha value is -2.22. The number of aromatic amines is 1. The fourth-order valence-corrected chi connectivity index (χ4v) is 2.63. The molecule has 2 N–H and O–H groups in total. The summed E-state index contributed by atoms with van der Waals surface area (Å²) in [5.41, 5.74) is 5.61. The topological polar surface area (TPSA) is 36.0 Å². The minimum Gasteiger partial charge on any atom is -0.508 e. The largest absolute Gasteiger partial charge is 0.508 e. The fourth-order valence-electron chi connectivity index (χ4n) is 2.63. The van der Waals surface area contributed by atoms with E-state index in [2.05, 4.69) is 56.1 Å². The summed E-state index contributed by atoms with van der Waals surface area (Å²) in [6.45, 7) is 6.25. The molecule has 0 atom stereocenters. The van der Waals surface area contributed by atoms with E-state index >= 15 is 0 Å². The van der Waals surface area contributed by atoms with Gasteiger partial charge in [0, 0.05) is 22.4 Å². The summed E-state index contributed by atoms with van der Waals surface area (Å²) < 4.78 is 0. The van der Waals surface area contributed by atoms with Crippen molar-refractivity contribution in [2.24, 2.45) is 0 Å². The molecule has 0 spiro atoms. The number of phenols is 1. The SMILES string of the molecule is CC(C)=CCc1cc2c(cc1O)[nH]c1c(C)cccc12. The molecule has 0 saturated heterocycles. The fraction of sp³-hybridized carbons (Fsp3) is 0.222. The van der Waals surface area contributed by atoms with Gasteiger partial charge in [0.2, 0.25) is 0 Å². The first-order chi connectivity index (χ1) is 9.56. The highest BCUT2D eigenvalue weighted by atomic mass is 16.3. The van der Waals surface area contributed by atoms with Crippen LogP contribution in [0.4, 0.5) is 0 Å². The number of allylic oxidation sites excluding steroid dienone is 2. The molecule has 2 aromatic carbocycles. The molecule has 0 saturated carbocycles. The van der Waals surface area contributed by atoms with Crippen LogP contribution in [0.2, 0.25) is 0 Å². The Balaban J connectivity index is 2.25. The number of fused-ring (bicyclic) bond motifs is 3. The zero-order valence-electron chi connectivity index (χ0n) is 12.1. The van der Waals surface area contributed by atoms with Crippen molar-refractivity contribution in [3.63, 3.8) is 0 Å². The summed E-state index contributed by atoms with van der Waals surface area (Å²) in [7, 11) is 0. The zero-order chi connectivity index (χ0) is 14.3. The average Bonchev–Trinajstić information content (AvgIpc) is 2.75. The van der Waals surface area contributed by atoms with Gasteiger partial charge in [0.15, 0.2) is 0 Å². The molecule has 2 heteroatoms. The molecular formula is C18H19NO. The minimum atomic E-state index is 0.360. The minimum absolute atomic E-state index is 0.360. The van der Waals surface area contributed by atoms with Gasteiger partial charge in [-0.2, -0.15) is 0 Å². The highest BCUT2D eigenvalue weighted by Crippen LogP contribution is 2.32. The molecule has 0 unspecified atom stereocenters. The zero-order valence-corrected chi connectivity index (χ0v) is 12.1. The van der Waals surface area contributed by atoms with Crippen molar-refractivity contribution in [2.75, 3.05) is 0 Å². The number of aryl methyl sites for hydroxylation is 1. The van der Waals surface area contributed by atoms with Crippen molar-refractivity contribution in [1.82, 2.24) is 4.98 Å². The van der Waals surface area contributed by atoms with E-state index in [1.54, 1.807) is 0 Å². The molecule has 0 bridgehead atoms. The van der Waals surface area contributed by atoms with Crippen LogP contribution >= 0.6 is 0 Å². The molecular weight excluding hydrogens is 246 g/mol. The van der Waals surface area contributed by atoms with Gasteiger partial charge >= 0.3 is 0 Å². The van der Waals surface area contributed by atoms with Crippen LogP contribution in [0.5, 0.6) is 5.75 Å². The van der Waals surface area contributed by atoms with Gasteiger partial charge in [-0.15, -0.1) is 0 Å². The predicted molar refractivity (Wildman–Crippen MR) is 85.3 cm³/mol. The Morgan fingerprint density at radius 2 is 2.00 bits per heavy atom. The second-order valence-electron chi connectivity index (χ2n) is 5.63. The molecule has 1 aromatic heterocycles. The van der Waals surface area contributed by atoms with E-state index in [0.717, 1.165) is 23.0 Å². The Kier molecular flexibility index (Phi) is 3.01. The number of H-pyrrole nitrogens is 1. The molecule has 102 valence electrons. The summed E-state index contributed by atoms with van der Waals surface area (Å²) in [5.74, 6) is 0.360. The lowest BCUT2D eigenvalue weighted by atomic mass is 10.0. The number of aromatic nitrogens is 1. The van der Waals surface area contributed by atoms with Gasteiger partial charge < -0.3 is 10.1 Å². The number of phenolic OH excluding ortho intramolecular Hbond substituents is 1. The lowest BCUT2D eigenvalue weighted by molar-refractivity contribution is 0.470. The number of rotatable bonds is 2. The van der Waals surface area contributed by atoms with Gasteiger partial charge in [-0.1, -0.05) is 29.8 Å². The number of hydrogen-bond acceptors (Lipinski definition) is 1. The van der Waals surface area contributed by atoms with E-state index in [1.165, 1.54) is 21.9 Å². The molecule has 0 aliphatic heterocycles. The van der Waals surface area contributed by atoms with Crippen LogP contribution in [0.15, 0.2) is 42.0 Å². The first kappa shape index (κ1) is 12.8. The lowest BCUT2D eigenvalue weighted by Crippen LogP contribution is -1.84. The maximum atomic E-state index is 10.2. The number of benzene rings is 2. The normalized spacial score (nSPS) is 11.2. The maximum Gasteiger partial charge on any atom is 0.121 e. The second kappa shape index (κ2) is 4.71. The van der Waals surface area contributed by atoms with Crippen LogP contribution in [0.1, 0.15) is 25.0 Å². The van der Waals surface area contributed by atoms with Crippen LogP contribution in [0.3, 0.4) is 0 Å². The van der Waals surface area contributed by atoms with Crippen molar-refractivity contribution in [3.05, 3.63) is 53.1 Å². The van der Waals surface area contributed by atoms with Crippen molar-refractivity contribution < 1.29 is 5.11 Å². The van der Waals surface area contributed by atoms with E-state index in [1.807, 2.05) is 6.07 Å². The van der Waals surface area contributed by atoms with Crippen molar-refractivity contribution >= 4 is 21.8 Å². The first-order valence-electron chi connectivity index (χ1n) is 6.92. The van der Waals surface area contributed by atoms with Gasteiger partial charge in [-0.25, -0.2) is 0 Å². The maximum absolute atomic E-state index is 10.2. The average molecular weight is 265 g/mol. The molecule has 0 amide bonds. The van der Waals surface area contributed by atoms with Gasteiger partial charge in [0.25, 0.3) is 0 Å². The molecule has 0 radical (unpaired) electrons. The standard InChI is InChI=1S/C18H19NO/c1-11(2)7-8-13-9-15-14-6-4-5-12(3)18(14)19-16(15)10-17(13)20/h4-7,9-10,19-20H,8H2,1-3H3. The number of nitrogens with one attached hydrogen (secondary N) is 1. The van der Waals surface area contributed by atoms with E-state index in [4.69, 9.17) is 0 Å². The third-order valence-electron chi connectivity index (χ3n) is 3.77. The van der Waals surface area contributed by atoms with Crippen LogP contribution in [0, 0.1) is 6.92 Å². The van der Waals surface area contributed by atoms with E-state index < -0.39 is 0 Å². The quantitative estimate of drug-likeness (QED) is 0.639.